The van der Waals surface area contributed by atoms with Crippen molar-refractivity contribution < 1.29 is 0 Å². The lowest BCUT2D eigenvalue weighted by atomic mass is 9.66. The van der Waals surface area contributed by atoms with E-state index in [2.05, 4.69) is 20.8 Å². The van der Waals surface area contributed by atoms with Crippen molar-refractivity contribution in [2.75, 3.05) is 13.1 Å². The third-order valence-corrected chi connectivity index (χ3v) is 4.36. The second-order valence-corrected chi connectivity index (χ2v) is 4.96. The molecule has 0 aliphatic heterocycles. The van der Waals surface area contributed by atoms with Gasteiger partial charge < -0.3 is 11.5 Å². The fourth-order valence-electron chi connectivity index (χ4n) is 2.45. The van der Waals surface area contributed by atoms with E-state index in [0.717, 1.165) is 13.1 Å². The highest BCUT2D eigenvalue weighted by Crippen LogP contribution is 2.54. The Kier molecular flexibility index (Phi) is 2.50. The number of rotatable bonds is 2. The van der Waals surface area contributed by atoms with Gasteiger partial charge in [0.2, 0.25) is 0 Å². The third kappa shape index (κ3) is 1.17. The first-order valence-electron chi connectivity index (χ1n) is 4.88. The second kappa shape index (κ2) is 3.00. The molecule has 1 fully saturated rings. The second-order valence-electron chi connectivity index (χ2n) is 4.96. The van der Waals surface area contributed by atoms with Crippen LogP contribution in [0.15, 0.2) is 0 Å². The Hall–Kier alpha value is -0.0800. The highest BCUT2D eigenvalue weighted by molar-refractivity contribution is 5.00. The molecule has 0 bridgehead atoms. The summed E-state index contributed by atoms with van der Waals surface area (Å²) >= 11 is 0. The molecule has 1 rings (SSSR count). The minimum Gasteiger partial charge on any atom is -0.330 e. The molecule has 0 amide bonds. The minimum absolute atomic E-state index is 0.303. The lowest BCUT2D eigenvalue weighted by Crippen LogP contribution is -2.41. The van der Waals surface area contributed by atoms with E-state index in [0.29, 0.717) is 16.7 Å². The Bertz CT molecular complexity index is 165. The molecule has 1 aliphatic rings. The van der Waals surface area contributed by atoms with E-state index in [1.807, 2.05) is 0 Å². The summed E-state index contributed by atoms with van der Waals surface area (Å²) in [6, 6.07) is 0. The molecule has 72 valence electrons. The average molecular weight is 170 g/mol. The lowest BCUT2D eigenvalue weighted by molar-refractivity contribution is 0.100. The van der Waals surface area contributed by atoms with Crippen LogP contribution in [0, 0.1) is 16.7 Å². The molecule has 0 radical (unpaired) electrons. The van der Waals surface area contributed by atoms with Gasteiger partial charge in [-0.3, -0.25) is 0 Å². The standard InChI is InChI=1S/C10H22N2/c1-9(2)8(6-11)4-5-10(9,3)7-12/h8H,4-7,11-12H2,1-3H3. The average Bonchev–Trinajstić information content (AvgIpc) is 2.25. The molecule has 0 aromatic carbocycles. The molecule has 12 heavy (non-hydrogen) atoms. The molecule has 2 heteroatoms. The molecule has 1 aliphatic carbocycles. The van der Waals surface area contributed by atoms with Crippen molar-refractivity contribution in [2.24, 2.45) is 28.2 Å². The van der Waals surface area contributed by atoms with Gasteiger partial charge in [0.15, 0.2) is 0 Å². The predicted molar refractivity (Wildman–Crippen MR) is 52.7 cm³/mol. The first-order chi connectivity index (χ1) is 5.48. The number of hydrogen-bond acceptors (Lipinski definition) is 2. The summed E-state index contributed by atoms with van der Waals surface area (Å²) in [4.78, 5) is 0. The molecule has 4 N–H and O–H groups in total. The number of hydrogen-bond donors (Lipinski definition) is 2. The van der Waals surface area contributed by atoms with Gasteiger partial charge in [0.05, 0.1) is 0 Å². The Balaban J connectivity index is 2.84. The van der Waals surface area contributed by atoms with Crippen LogP contribution < -0.4 is 11.5 Å². The van der Waals surface area contributed by atoms with Crippen LogP contribution in [0.25, 0.3) is 0 Å². The first-order valence-corrected chi connectivity index (χ1v) is 4.88. The van der Waals surface area contributed by atoms with Crippen molar-refractivity contribution in [3.8, 4) is 0 Å². The maximum absolute atomic E-state index is 5.82. The van der Waals surface area contributed by atoms with E-state index in [1.165, 1.54) is 12.8 Å². The molecule has 2 atom stereocenters. The molecule has 2 unspecified atom stereocenters. The molecule has 0 aromatic rings. The molecule has 0 aromatic heterocycles. The van der Waals surface area contributed by atoms with Gasteiger partial charge in [-0.2, -0.15) is 0 Å². The van der Waals surface area contributed by atoms with Crippen LogP contribution in [0.3, 0.4) is 0 Å². The van der Waals surface area contributed by atoms with Gasteiger partial charge in [-0.05, 0) is 42.7 Å². The van der Waals surface area contributed by atoms with Gasteiger partial charge in [0.25, 0.3) is 0 Å². The van der Waals surface area contributed by atoms with E-state index in [4.69, 9.17) is 11.5 Å². The summed E-state index contributed by atoms with van der Waals surface area (Å²) < 4.78 is 0. The van der Waals surface area contributed by atoms with Crippen LogP contribution in [-0.2, 0) is 0 Å². The van der Waals surface area contributed by atoms with Gasteiger partial charge in [0.1, 0.15) is 0 Å². The lowest BCUT2D eigenvalue weighted by Gasteiger charge is -2.40. The van der Waals surface area contributed by atoms with Gasteiger partial charge in [-0.15, -0.1) is 0 Å². The van der Waals surface area contributed by atoms with Crippen LogP contribution in [0.4, 0.5) is 0 Å². The van der Waals surface area contributed by atoms with E-state index < -0.39 is 0 Å². The minimum atomic E-state index is 0.303. The Morgan fingerprint density at radius 2 is 1.83 bits per heavy atom. The van der Waals surface area contributed by atoms with E-state index in [9.17, 15) is 0 Å². The maximum atomic E-state index is 5.82. The molecule has 0 spiro atoms. The van der Waals surface area contributed by atoms with Crippen molar-refractivity contribution in [3.05, 3.63) is 0 Å². The van der Waals surface area contributed by atoms with Crippen LogP contribution in [0.2, 0.25) is 0 Å². The van der Waals surface area contributed by atoms with Crippen LogP contribution in [0.1, 0.15) is 33.6 Å². The molecule has 0 heterocycles. The Labute approximate surface area is 75.7 Å². The predicted octanol–water partition coefficient (Wildman–Crippen LogP) is 1.35. The van der Waals surface area contributed by atoms with Crippen LogP contribution >= 0.6 is 0 Å². The van der Waals surface area contributed by atoms with E-state index in [1.54, 1.807) is 0 Å². The highest BCUT2D eigenvalue weighted by Gasteiger charge is 2.49. The zero-order valence-corrected chi connectivity index (χ0v) is 8.56. The third-order valence-electron chi connectivity index (χ3n) is 4.36. The zero-order valence-electron chi connectivity index (χ0n) is 8.56. The molecule has 0 saturated heterocycles. The zero-order chi connectivity index (χ0) is 9.41. The van der Waals surface area contributed by atoms with Gasteiger partial charge >= 0.3 is 0 Å². The van der Waals surface area contributed by atoms with Crippen molar-refractivity contribution in [2.45, 2.75) is 33.6 Å². The molecular weight excluding hydrogens is 148 g/mol. The number of nitrogens with two attached hydrogens (primary N) is 2. The first kappa shape index (κ1) is 10.0. The fourth-order valence-corrected chi connectivity index (χ4v) is 2.45. The van der Waals surface area contributed by atoms with Crippen molar-refractivity contribution >= 4 is 0 Å². The maximum Gasteiger partial charge on any atom is -0.00180 e. The molecular formula is C10H22N2. The van der Waals surface area contributed by atoms with Crippen molar-refractivity contribution in [3.63, 3.8) is 0 Å². The molecule has 1 saturated carbocycles. The summed E-state index contributed by atoms with van der Waals surface area (Å²) in [5.41, 5.74) is 12.2. The topological polar surface area (TPSA) is 52.0 Å². The summed E-state index contributed by atoms with van der Waals surface area (Å²) in [6.07, 6.45) is 2.48. The summed E-state index contributed by atoms with van der Waals surface area (Å²) in [6.45, 7) is 8.51. The summed E-state index contributed by atoms with van der Waals surface area (Å²) in [5.74, 6) is 0.658. The van der Waals surface area contributed by atoms with Gasteiger partial charge in [0, 0.05) is 0 Å². The fraction of sp³-hybridized carbons (Fsp3) is 1.00. The van der Waals surface area contributed by atoms with Crippen LogP contribution in [-0.4, -0.2) is 13.1 Å². The molecule has 2 nitrogen and oxygen atoms in total. The van der Waals surface area contributed by atoms with Crippen molar-refractivity contribution in [1.29, 1.82) is 0 Å². The Morgan fingerprint density at radius 1 is 1.25 bits per heavy atom. The SMILES string of the molecule is CC1(CN)CCC(CN)C1(C)C. The van der Waals surface area contributed by atoms with Gasteiger partial charge in [-0.1, -0.05) is 20.8 Å². The van der Waals surface area contributed by atoms with E-state index >= 15 is 0 Å². The normalized spacial score (nSPS) is 40.2. The Morgan fingerprint density at radius 3 is 2.08 bits per heavy atom. The smallest absolute Gasteiger partial charge is 0.00180 e. The quantitative estimate of drug-likeness (QED) is 0.657. The summed E-state index contributed by atoms with van der Waals surface area (Å²) in [7, 11) is 0. The van der Waals surface area contributed by atoms with E-state index in [-0.39, 0.29) is 0 Å². The van der Waals surface area contributed by atoms with Crippen LogP contribution in [0.5, 0.6) is 0 Å². The van der Waals surface area contributed by atoms with Crippen molar-refractivity contribution in [1.82, 2.24) is 0 Å². The largest absolute Gasteiger partial charge is 0.330 e. The highest BCUT2D eigenvalue weighted by atomic mass is 14.7. The monoisotopic (exact) mass is 170 g/mol. The summed E-state index contributed by atoms with van der Waals surface area (Å²) in [5, 5.41) is 0. The van der Waals surface area contributed by atoms with Gasteiger partial charge in [-0.25, -0.2) is 0 Å².